The van der Waals surface area contributed by atoms with Crippen LogP contribution < -0.4 is 4.74 Å². The molecule has 0 aliphatic carbocycles. The Balaban J connectivity index is 1.42. The zero-order chi connectivity index (χ0) is 17.4. The molecule has 1 aromatic carbocycles. The van der Waals surface area contributed by atoms with Crippen LogP contribution in [0.15, 0.2) is 28.8 Å². The lowest BCUT2D eigenvalue weighted by Gasteiger charge is -2.32. The smallest absolute Gasteiger partial charge is 0.138 e. The number of likely N-dealkylation sites (tertiary alicyclic amines) is 2. The third-order valence-electron chi connectivity index (χ3n) is 5.68. The molecule has 2 bridgehead atoms. The molecule has 0 radical (unpaired) electrons. The normalized spacial score (nSPS) is 24.0. The summed E-state index contributed by atoms with van der Waals surface area (Å²) in [5.41, 5.74) is 3.63. The second-order valence-electron chi connectivity index (χ2n) is 7.53. The van der Waals surface area contributed by atoms with Crippen molar-refractivity contribution in [2.75, 3.05) is 26.7 Å². The van der Waals surface area contributed by atoms with Crippen molar-refractivity contribution in [2.24, 2.45) is 5.92 Å². The van der Waals surface area contributed by atoms with E-state index in [0.717, 1.165) is 42.8 Å². The number of rotatable bonds is 5. The average molecular weight is 341 g/mol. The lowest BCUT2D eigenvalue weighted by atomic mass is 9.99. The maximum atomic E-state index is 5.36. The first kappa shape index (κ1) is 16.6. The fourth-order valence-electron chi connectivity index (χ4n) is 4.43. The second kappa shape index (κ2) is 6.81. The van der Waals surface area contributed by atoms with Gasteiger partial charge in [-0.25, -0.2) is 0 Å². The number of fused-ring (bicyclic) bond motifs is 2. The maximum absolute atomic E-state index is 5.36. The molecule has 2 aromatic rings. The Morgan fingerprint density at radius 2 is 2.08 bits per heavy atom. The van der Waals surface area contributed by atoms with Gasteiger partial charge in [-0.15, -0.1) is 0 Å². The van der Waals surface area contributed by atoms with Crippen LogP contribution >= 0.6 is 0 Å². The van der Waals surface area contributed by atoms with E-state index in [4.69, 9.17) is 9.26 Å². The number of aromatic nitrogens is 1. The summed E-state index contributed by atoms with van der Waals surface area (Å²) in [5.74, 6) is 2.67. The molecule has 2 aliphatic heterocycles. The van der Waals surface area contributed by atoms with Gasteiger partial charge < -0.3 is 9.26 Å². The van der Waals surface area contributed by atoms with Crippen LogP contribution in [0.2, 0.25) is 0 Å². The predicted molar refractivity (Wildman–Crippen MR) is 96.6 cm³/mol. The molecule has 2 aliphatic rings. The summed E-state index contributed by atoms with van der Waals surface area (Å²) in [6.07, 6.45) is 1.32. The van der Waals surface area contributed by atoms with Gasteiger partial charge in [0.25, 0.3) is 0 Å². The minimum atomic E-state index is 0.644. The first-order chi connectivity index (χ1) is 12.1. The van der Waals surface area contributed by atoms with E-state index >= 15 is 0 Å². The summed E-state index contributed by atoms with van der Waals surface area (Å²) < 4.78 is 10.7. The van der Waals surface area contributed by atoms with Crippen molar-refractivity contribution >= 4 is 0 Å². The van der Waals surface area contributed by atoms with E-state index in [0.29, 0.717) is 6.04 Å². The van der Waals surface area contributed by atoms with Gasteiger partial charge in [-0.2, -0.15) is 0 Å². The monoisotopic (exact) mass is 341 g/mol. The molecule has 2 atom stereocenters. The summed E-state index contributed by atoms with van der Waals surface area (Å²) in [7, 11) is 1.73. The van der Waals surface area contributed by atoms with Gasteiger partial charge in [-0.1, -0.05) is 17.3 Å². The Labute approximate surface area is 149 Å². The molecule has 2 fully saturated rings. The standard InChI is InChI=1S/C20H27N3O2/c1-14-20(15(2)25-21-14)13-22-9-17-7-18(12-22)23(11-17)10-16-5-4-6-19(8-16)24-3/h4-6,8,17-18H,7,9-13H2,1-3H3. The van der Waals surface area contributed by atoms with Gasteiger partial charge in [0.1, 0.15) is 11.5 Å². The fraction of sp³-hybridized carbons (Fsp3) is 0.550. The van der Waals surface area contributed by atoms with E-state index in [1.165, 1.54) is 30.6 Å². The lowest BCUT2D eigenvalue weighted by molar-refractivity contribution is 0.152. The zero-order valence-corrected chi connectivity index (χ0v) is 15.4. The Hall–Kier alpha value is -1.85. The highest BCUT2D eigenvalue weighted by atomic mass is 16.5. The van der Waals surface area contributed by atoms with Gasteiger partial charge in [-0.05, 0) is 43.9 Å². The molecule has 25 heavy (non-hydrogen) atoms. The van der Waals surface area contributed by atoms with E-state index in [1.54, 1.807) is 7.11 Å². The predicted octanol–water partition coefficient (Wildman–Crippen LogP) is 3.01. The van der Waals surface area contributed by atoms with Crippen LogP contribution in [0.3, 0.4) is 0 Å². The summed E-state index contributed by atoms with van der Waals surface area (Å²) in [6, 6.07) is 9.10. The van der Waals surface area contributed by atoms with E-state index in [2.05, 4.69) is 33.2 Å². The molecule has 0 spiro atoms. The molecular weight excluding hydrogens is 314 g/mol. The summed E-state index contributed by atoms with van der Waals surface area (Å²) >= 11 is 0. The summed E-state index contributed by atoms with van der Waals surface area (Å²) in [6.45, 7) is 9.53. The number of hydrogen-bond acceptors (Lipinski definition) is 5. The summed E-state index contributed by atoms with van der Waals surface area (Å²) in [5, 5.41) is 4.10. The van der Waals surface area contributed by atoms with Crippen LogP contribution in [0.1, 0.15) is 29.0 Å². The van der Waals surface area contributed by atoms with E-state index in [1.807, 2.05) is 19.9 Å². The Kier molecular flexibility index (Phi) is 4.52. The van der Waals surface area contributed by atoms with Crippen molar-refractivity contribution in [1.29, 1.82) is 0 Å². The van der Waals surface area contributed by atoms with E-state index in [-0.39, 0.29) is 0 Å². The van der Waals surface area contributed by atoms with E-state index in [9.17, 15) is 0 Å². The minimum Gasteiger partial charge on any atom is -0.497 e. The molecule has 1 aromatic heterocycles. The molecule has 3 heterocycles. The lowest BCUT2D eigenvalue weighted by Crippen LogP contribution is -2.41. The molecule has 0 N–H and O–H groups in total. The molecule has 0 saturated carbocycles. The number of aryl methyl sites for hydroxylation is 2. The van der Waals surface area contributed by atoms with Crippen molar-refractivity contribution < 1.29 is 9.26 Å². The van der Waals surface area contributed by atoms with Crippen LogP contribution in [0.4, 0.5) is 0 Å². The minimum absolute atomic E-state index is 0.644. The second-order valence-corrected chi connectivity index (χ2v) is 7.53. The molecule has 2 unspecified atom stereocenters. The third kappa shape index (κ3) is 3.44. The van der Waals surface area contributed by atoms with Crippen LogP contribution in [0, 0.1) is 19.8 Å². The van der Waals surface area contributed by atoms with Gasteiger partial charge in [0.2, 0.25) is 0 Å². The molecule has 5 heteroatoms. The topological polar surface area (TPSA) is 41.7 Å². The number of benzene rings is 1. The highest BCUT2D eigenvalue weighted by Gasteiger charge is 2.38. The Bertz CT molecular complexity index is 723. The van der Waals surface area contributed by atoms with Crippen molar-refractivity contribution in [3.63, 3.8) is 0 Å². The molecular formula is C20H27N3O2. The summed E-state index contributed by atoms with van der Waals surface area (Å²) in [4.78, 5) is 5.23. The molecule has 0 amide bonds. The molecule has 2 saturated heterocycles. The van der Waals surface area contributed by atoms with Crippen molar-refractivity contribution in [3.8, 4) is 5.75 Å². The SMILES string of the molecule is COc1cccc(CN2CC3CC2CN(Cc2c(C)noc2C)C3)c1. The first-order valence-electron chi connectivity index (χ1n) is 9.13. The fourth-order valence-corrected chi connectivity index (χ4v) is 4.43. The van der Waals surface area contributed by atoms with Crippen LogP contribution in [0.25, 0.3) is 0 Å². The van der Waals surface area contributed by atoms with Gasteiger partial charge in [0.15, 0.2) is 0 Å². The number of ether oxygens (including phenoxy) is 1. The maximum Gasteiger partial charge on any atom is 0.138 e. The zero-order valence-electron chi connectivity index (χ0n) is 15.4. The van der Waals surface area contributed by atoms with Crippen LogP contribution in [0.5, 0.6) is 5.75 Å². The van der Waals surface area contributed by atoms with Crippen molar-refractivity contribution in [3.05, 3.63) is 46.8 Å². The molecule has 134 valence electrons. The average Bonchev–Trinajstić information content (AvgIpc) is 3.07. The number of methoxy groups -OCH3 is 1. The van der Waals surface area contributed by atoms with Crippen LogP contribution in [-0.4, -0.2) is 47.7 Å². The third-order valence-corrected chi connectivity index (χ3v) is 5.68. The van der Waals surface area contributed by atoms with Crippen LogP contribution in [-0.2, 0) is 13.1 Å². The van der Waals surface area contributed by atoms with E-state index < -0.39 is 0 Å². The van der Waals surface area contributed by atoms with Gasteiger partial charge in [-0.3, -0.25) is 9.80 Å². The quantitative estimate of drug-likeness (QED) is 0.836. The van der Waals surface area contributed by atoms with Crippen molar-refractivity contribution in [1.82, 2.24) is 15.0 Å². The molecule has 5 nitrogen and oxygen atoms in total. The highest BCUT2D eigenvalue weighted by molar-refractivity contribution is 5.28. The van der Waals surface area contributed by atoms with Gasteiger partial charge in [0, 0.05) is 44.3 Å². The van der Waals surface area contributed by atoms with Gasteiger partial charge in [0.05, 0.1) is 12.8 Å². The Morgan fingerprint density at radius 1 is 1.20 bits per heavy atom. The van der Waals surface area contributed by atoms with Gasteiger partial charge >= 0.3 is 0 Å². The Morgan fingerprint density at radius 3 is 2.84 bits per heavy atom. The van der Waals surface area contributed by atoms with Crippen molar-refractivity contribution in [2.45, 2.75) is 39.4 Å². The first-order valence-corrected chi connectivity index (χ1v) is 9.13. The highest BCUT2D eigenvalue weighted by Crippen LogP contribution is 2.32. The number of nitrogens with zero attached hydrogens (tertiary/aromatic N) is 3. The molecule has 4 rings (SSSR count). The largest absolute Gasteiger partial charge is 0.497 e. The number of piperidine rings is 1. The number of hydrogen-bond donors (Lipinski definition) is 0.